The second kappa shape index (κ2) is 10.4. The minimum atomic E-state index is -1.59. The second-order valence-corrected chi connectivity index (χ2v) is 9.67. The van der Waals surface area contributed by atoms with Crippen molar-refractivity contribution in [2.45, 2.75) is 13.5 Å². The molecule has 0 saturated carbocycles. The maximum absolute atomic E-state index is 15.1. The average molecular weight is 608 g/mol. The first-order valence-electron chi connectivity index (χ1n) is 11.0. The Bertz CT molecular complexity index is 1400. The van der Waals surface area contributed by atoms with Crippen LogP contribution in [0.2, 0.25) is 0 Å². The molecule has 1 aliphatic heterocycles. The van der Waals surface area contributed by atoms with Crippen molar-refractivity contribution >= 4 is 68.4 Å². The predicted molar refractivity (Wildman–Crippen MR) is 139 cm³/mol. The zero-order valence-corrected chi connectivity index (χ0v) is 21.7. The number of hydrogen-bond donors (Lipinski definition) is 2. The number of nitrogens with zero attached hydrogens (tertiary/aromatic N) is 2. The molecule has 0 spiro atoms. The monoisotopic (exact) mass is 608 g/mol. The molecule has 3 aromatic rings. The number of thiocarbonyl (C=S) groups is 1. The van der Waals surface area contributed by atoms with Gasteiger partial charge < -0.3 is 19.4 Å². The van der Waals surface area contributed by atoms with Crippen LogP contribution in [0.1, 0.15) is 27.6 Å². The zero-order valence-electron chi connectivity index (χ0n) is 18.8. The smallest absolute Gasteiger partial charge is 0.258 e. The van der Waals surface area contributed by atoms with Gasteiger partial charge in [-0.1, -0.05) is 12.1 Å². The molecular formula is C24H22FIN4O4S. The van der Waals surface area contributed by atoms with Gasteiger partial charge in [-0.05, 0) is 59.9 Å². The number of carboxylic acid groups (broad SMARTS) is 1. The summed E-state index contributed by atoms with van der Waals surface area (Å²) in [5, 5.41) is 14.4. The SMILES string of the molecule is CCn1cc(C(=O)[O-])c(=O)c2cc(F)c([NH+]3CCN(C(=S)NC(=O)c4ccccc4I)CC3)cc21. The third-order valence-electron chi connectivity index (χ3n) is 6.10. The maximum atomic E-state index is 15.1. The molecule has 1 aliphatic rings. The Hall–Kier alpha value is -2.90. The van der Waals surface area contributed by atoms with Gasteiger partial charge in [0.05, 0.1) is 48.8 Å². The van der Waals surface area contributed by atoms with Gasteiger partial charge in [0.15, 0.2) is 22.0 Å². The molecule has 4 rings (SSSR count). The van der Waals surface area contributed by atoms with Gasteiger partial charge in [-0.3, -0.25) is 19.8 Å². The van der Waals surface area contributed by atoms with Crippen molar-refractivity contribution in [3.8, 4) is 0 Å². The number of aromatic nitrogens is 1. The van der Waals surface area contributed by atoms with Gasteiger partial charge in [0.25, 0.3) is 5.91 Å². The summed E-state index contributed by atoms with van der Waals surface area (Å²) in [5.41, 5.74) is 0.155. The molecule has 2 heterocycles. The Kier molecular flexibility index (Phi) is 7.47. The number of carbonyl (C=O) groups excluding carboxylic acids is 2. The van der Waals surface area contributed by atoms with Crippen LogP contribution in [0.15, 0.2) is 47.4 Å². The fourth-order valence-corrected chi connectivity index (χ4v) is 5.13. The molecule has 2 aromatic carbocycles. The standard InChI is InChI=1S/C24H22FIN4O4S/c1-2-28-13-16(23(33)34)21(31)15-11-17(25)20(12-19(15)28)29-7-9-30(10-8-29)24(35)27-22(32)14-5-3-4-6-18(14)26/h3-6,11-13H,2,7-10H2,1H3,(H,33,34)(H,27,32,35). The number of amides is 1. The normalized spacial score (nSPS) is 14.2. The van der Waals surface area contributed by atoms with Crippen molar-refractivity contribution in [1.29, 1.82) is 0 Å². The van der Waals surface area contributed by atoms with Gasteiger partial charge in [-0.15, -0.1) is 0 Å². The number of pyridine rings is 1. The van der Waals surface area contributed by atoms with Crippen molar-refractivity contribution in [2.75, 3.05) is 26.2 Å². The topological polar surface area (TPSA) is 98.9 Å². The first kappa shape index (κ1) is 25.2. The summed E-state index contributed by atoms with van der Waals surface area (Å²) >= 11 is 7.53. The molecule has 1 amide bonds. The average Bonchev–Trinajstić information content (AvgIpc) is 2.84. The fourth-order valence-electron chi connectivity index (χ4n) is 4.23. The number of piperazine rings is 1. The molecule has 1 fully saturated rings. The van der Waals surface area contributed by atoms with Gasteiger partial charge in [-0.25, -0.2) is 4.39 Å². The molecule has 0 radical (unpaired) electrons. The van der Waals surface area contributed by atoms with Gasteiger partial charge in [-0.2, -0.15) is 0 Å². The summed E-state index contributed by atoms with van der Waals surface area (Å²) in [7, 11) is 0. The molecule has 1 aromatic heterocycles. The third kappa shape index (κ3) is 5.07. The van der Waals surface area contributed by atoms with E-state index in [4.69, 9.17) is 12.2 Å². The lowest BCUT2D eigenvalue weighted by Crippen LogP contribution is -3.10. The summed E-state index contributed by atoms with van der Waals surface area (Å²) in [6.45, 7) is 4.26. The molecule has 182 valence electrons. The first-order chi connectivity index (χ1) is 16.7. The molecule has 35 heavy (non-hydrogen) atoms. The Morgan fingerprint density at radius 2 is 1.89 bits per heavy atom. The number of fused-ring (bicyclic) bond motifs is 1. The second-order valence-electron chi connectivity index (χ2n) is 8.12. The van der Waals surface area contributed by atoms with Crippen LogP contribution in [0.25, 0.3) is 10.9 Å². The van der Waals surface area contributed by atoms with Crippen LogP contribution in [-0.2, 0) is 6.54 Å². The summed E-state index contributed by atoms with van der Waals surface area (Å²) < 4.78 is 17.5. The molecule has 0 unspecified atom stereocenters. The number of nitrogens with one attached hydrogen (secondary N) is 2. The number of quaternary nitrogens is 1. The Morgan fingerprint density at radius 1 is 1.20 bits per heavy atom. The highest BCUT2D eigenvalue weighted by Crippen LogP contribution is 2.20. The van der Waals surface area contributed by atoms with Crippen LogP contribution < -0.4 is 20.8 Å². The van der Waals surface area contributed by atoms with Gasteiger partial charge in [0, 0.05) is 27.8 Å². The predicted octanol–water partition coefficient (Wildman–Crippen LogP) is 0.676. The van der Waals surface area contributed by atoms with E-state index in [1.807, 2.05) is 24.0 Å². The summed E-state index contributed by atoms with van der Waals surface area (Å²) in [5.74, 6) is -2.44. The largest absolute Gasteiger partial charge is 0.545 e. The number of hydrogen-bond acceptors (Lipinski definition) is 5. The highest BCUT2D eigenvalue weighted by atomic mass is 127. The van der Waals surface area contributed by atoms with Crippen LogP contribution in [0, 0.1) is 9.39 Å². The molecule has 8 nitrogen and oxygen atoms in total. The van der Waals surface area contributed by atoms with E-state index >= 15 is 4.39 Å². The van der Waals surface area contributed by atoms with Crippen molar-refractivity contribution in [1.82, 2.24) is 14.8 Å². The van der Waals surface area contributed by atoms with E-state index in [0.717, 1.165) is 14.5 Å². The number of aromatic carboxylic acids is 1. The number of rotatable bonds is 4. The van der Waals surface area contributed by atoms with E-state index in [9.17, 15) is 19.5 Å². The molecule has 2 N–H and O–H groups in total. The van der Waals surface area contributed by atoms with Crippen LogP contribution >= 0.6 is 34.8 Å². The minimum absolute atomic E-state index is 0.00673. The molecule has 0 aliphatic carbocycles. The van der Waals surface area contributed by atoms with Gasteiger partial charge in [0.2, 0.25) is 0 Å². The highest BCUT2D eigenvalue weighted by molar-refractivity contribution is 14.1. The van der Waals surface area contributed by atoms with Gasteiger partial charge >= 0.3 is 0 Å². The van der Waals surface area contributed by atoms with Crippen LogP contribution in [-0.4, -0.2) is 52.6 Å². The third-order valence-corrected chi connectivity index (χ3v) is 7.40. The molecule has 1 saturated heterocycles. The quantitative estimate of drug-likeness (QED) is 0.334. The zero-order chi connectivity index (χ0) is 25.3. The molecule has 0 atom stereocenters. The van der Waals surface area contributed by atoms with Crippen molar-refractivity contribution < 1.29 is 24.0 Å². The Balaban J connectivity index is 1.51. The number of carboxylic acids is 1. The lowest BCUT2D eigenvalue weighted by Gasteiger charge is -2.33. The van der Waals surface area contributed by atoms with E-state index in [2.05, 4.69) is 27.9 Å². The Labute approximate surface area is 219 Å². The number of halogens is 2. The lowest BCUT2D eigenvalue weighted by molar-refractivity contribution is -0.838. The van der Waals surface area contributed by atoms with Crippen LogP contribution in [0.5, 0.6) is 0 Å². The van der Waals surface area contributed by atoms with Crippen LogP contribution in [0.4, 0.5) is 10.1 Å². The maximum Gasteiger partial charge on any atom is 0.258 e. The van der Waals surface area contributed by atoms with Crippen LogP contribution in [0.3, 0.4) is 0 Å². The molecule has 11 heteroatoms. The van der Waals surface area contributed by atoms with Crippen molar-refractivity contribution in [3.05, 3.63) is 73.3 Å². The number of aryl methyl sites for hydroxylation is 1. The van der Waals surface area contributed by atoms with E-state index in [-0.39, 0.29) is 11.3 Å². The summed E-state index contributed by atoms with van der Waals surface area (Å²) in [6.07, 6.45) is 1.24. The summed E-state index contributed by atoms with van der Waals surface area (Å²) in [6, 6.07) is 9.94. The summed E-state index contributed by atoms with van der Waals surface area (Å²) in [4.78, 5) is 39.2. The number of carbonyl (C=O) groups is 2. The lowest BCUT2D eigenvalue weighted by atomic mass is 10.1. The van der Waals surface area contributed by atoms with E-state index in [1.54, 1.807) is 22.8 Å². The highest BCUT2D eigenvalue weighted by Gasteiger charge is 2.27. The van der Waals surface area contributed by atoms with Crippen molar-refractivity contribution in [2.24, 2.45) is 0 Å². The van der Waals surface area contributed by atoms with Gasteiger partial charge in [0.1, 0.15) is 0 Å². The van der Waals surface area contributed by atoms with Crippen molar-refractivity contribution in [3.63, 3.8) is 0 Å². The Morgan fingerprint density at radius 3 is 2.51 bits per heavy atom. The van der Waals surface area contributed by atoms with E-state index in [0.29, 0.717) is 54.6 Å². The van der Waals surface area contributed by atoms with E-state index < -0.39 is 22.8 Å². The minimum Gasteiger partial charge on any atom is -0.545 e. The first-order valence-corrected chi connectivity index (χ1v) is 12.5. The fraction of sp³-hybridized carbons (Fsp3) is 0.250. The molecular weight excluding hydrogens is 586 g/mol. The number of benzene rings is 2. The van der Waals surface area contributed by atoms with E-state index in [1.165, 1.54) is 6.20 Å². The molecule has 0 bridgehead atoms.